The van der Waals surface area contributed by atoms with E-state index >= 15 is 4.39 Å². The molecule has 1 saturated heterocycles. The van der Waals surface area contributed by atoms with E-state index in [2.05, 4.69) is 4.98 Å². The van der Waals surface area contributed by atoms with Gasteiger partial charge in [-0.3, -0.25) is 4.79 Å². The molecular weight excluding hydrogens is 391 g/mol. The smallest absolute Gasteiger partial charge is 0.308 e. The number of carbonyl (C=O) groups is 1. The fourth-order valence-corrected chi connectivity index (χ4v) is 3.14. The van der Waals surface area contributed by atoms with Crippen molar-refractivity contribution in [2.24, 2.45) is 5.92 Å². The Balaban J connectivity index is 2.02. The van der Waals surface area contributed by atoms with E-state index in [1.165, 1.54) is 25.3 Å². The monoisotopic (exact) mass is 407 g/mol. The molecule has 1 aromatic heterocycles. The Kier molecular flexibility index (Phi) is 5.77. The Bertz CT molecular complexity index is 994. The first-order valence-corrected chi connectivity index (χ1v) is 8.64. The van der Waals surface area contributed by atoms with Crippen molar-refractivity contribution in [3.05, 3.63) is 41.3 Å². The lowest BCUT2D eigenvalue weighted by atomic mass is 9.98. The Hall–Kier alpha value is -3.48. The number of anilines is 1. The molecule has 2 aromatic rings. The summed E-state index contributed by atoms with van der Waals surface area (Å²) in [4.78, 5) is 15.6. The fraction of sp³-hybridized carbons (Fsp3) is 0.316. The molecule has 10 heteroatoms. The minimum Gasteiger partial charge on any atom is -0.493 e. The number of rotatable bonds is 5. The number of piperidine rings is 1. The summed E-state index contributed by atoms with van der Waals surface area (Å²) in [5.74, 6) is -7.18. The second kappa shape index (κ2) is 8.26. The molecule has 1 N–H and O–H groups in total. The van der Waals surface area contributed by atoms with Gasteiger partial charge in [0.1, 0.15) is 5.69 Å². The molecule has 152 valence electrons. The fourth-order valence-electron chi connectivity index (χ4n) is 3.14. The highest BCUT2D eigenvalue weighted by atomic mass is 19.2. The average molecular weight is 407 g/mol. The molecule has 0 amide bonds. The predicted octanol–water partition coefficient (Wildman–Crippen LogP) is 3.47. The summed E-state index contributed by atoms with van der Waals surface area (Å²) >= 11 is 0. The van der Waals surface area contributed by atoms with Crippen molar-refractivity contribution >= 4 is 11.7 Å². The van der Waals surface area contributed by atoms with E-state index in [-0.39, 0.29) is 30.2 Å². The molecular formula is C19H16F3N3O4. The molecule has 1 unspecified atom stereocenters. The van der Waals surface area contributed by atoms with Crippen molar-refractivity contribution in [3.8, 4) is 23.4 Å². The summed E-state index contributed by atoms with van der Waals surface area (Å²) in [5.41, 5.74) is -0.571. The number of hydrogen-bond acceptors (Lipinski definition) is 6. The standard InChI is InChI=1S/C19H16F3N3O4/c1-28-12-5-4-10(8-23)7-13(12)29-18-15(21)16(14(20)17(22)24-18)25-6-2-3-11(9-25)19(26)27/h4-5,7,11H,2-3,6,9H2,1H3,(H,26,27). The van der Waals surface area contributed by atoms with E-state index < -0.39 is 41.0 Å². The van der Waals surface area contributed by atoms with Crippen LogP contribution >= 0.6 is 0 Å². The van der Waals surface area contributed by atoms with Gasteiger partial charge in [-0.15, -0.1) is 0 Å². The van der Waals surface area contributed by atoms with Crippen LogP contribution in [0.5, 0.6) is 17.4 Å². The maximum Gasteiger partial charge on any atom is 0.308 e. The van der Waals surface area contributed by atoms with Crippen LogP contribution in [0.25, 0.3) is 0 Å². The van der Waals surface area contributed by atoms with E-state index in [0.717, 1.165) is 4.90 Å². The number of aromatic nitrogens is 1. The number of halogens is 3. The Morgan fingerprint density at radius 3 is 2.72 bits per heavy atom. The number of carboxylic acid groups (broad SMARTS) is 1. The SMILES string of the molecule is COc1ccc(C#N)cc1Oc1nc(F)c(F)c(N2CCCC(C(=O)O)C2)c1F. The van der Waals surface area contributed by atoms with E-state index in [0.29, 0.717) is 12.8 Å². The molecule has 7 nitrogen and oxygen atoms in total. The number of hydrogen-bond donors (Lipinski definition) is 1. The molecule has 1 aliphatic heterocycles. The van der Waals surface area contributed by atoms with Gasteiger partial charge < -0.3 is 19.5 Å². The van der Waals surface area contributed by atoms with Crippen LogP contribution in [0.4, 0.5) is 18.9 Å². The molecule has 0 bridgehead atoms. The molecule has 0 spiro atoms. The van der Waals surface area contributed by atoms with Crippen molar-refractivity contribution in [1.29, 1.82) is 5.26 Å². The topological polar surface area (TPSA) is 95.7 Å². The molecule has 0 saturated carbocycles. The van der Waals surface area contributed by atoms with Gasteiger partial charge in [-0.2, -0.15) is 23.4 Å². The third-order valence-electron chi connectivity index (χ3n) is 4.57. The number of nitrogens with zero attached hydrogens (tertiary/aromatic N) is 3. The zero-order valence-corrected chi connectivity index (χ0v) is 15.3. The van der Waals surface area contributed by atoms with E-state index in [1.807, 2.05) is 6.07 Å². The maximum absolute atomic E-state index is 15.0. The first-order chi connectivity index (χ1) is 13.8. The number of carboxylic acids is 1. The van der Waals surface area contributed by atoms with Crippen LogP contribution in [0, 0.1) is 34.8 Å². The zero-order valence-electron chi connectivity index (χ0n) is 15.3. The van der Waals surface area contributed by atoms with Crippen molar-refractivity contribution < 1.29 is 32.5 Å². The third kappa shape index (κ3) is 4.03. The van der Waals surface area contributed by atoms with Crippen molar-refractivity contribution in [2.45, 2.75) is 12.8 Å². The molecule has 0 aliphatic carbocycles. The van der Waals surface area contributed by atoms with Gasteiger partial charge in [-0.1, -0.05) is 0 Å². The normalized spacial score (nSPS) is 16.2. The van der Waals surface area contributed by atoms with Crippen LogP contribution in [0.1, 0.15) is 18.4 Å². The maximum atomic E-state index is 15.0. The summed E-state index contributed by atoms with van der Waals surface area (Å²) in [6.45, 7) is -0.0347. The van der Waals surface area contributed by atoms with Gasteiger partial charge in [0.05, 0.1) is 24.7 Å². The van der Waals surface area contributed by atoms with Gasteiger partial charge in [0.25, 0.3) is 11.8 Å². The zero-order chi connectivity index (χ0) is 21.1. The first kappa shape index (κ1) is 20.3. The van der Waals surface area contributed by atoms with Crippen molar-refractivity contribution in [3.63, 3.8) is 0 Å². The largest absolute Gasteiger partial charge is 0.493 e. The van der Waals surface area contributed by atoms with E-state index in [9.17, 15) is 18.7 Å². The molecule has 1 atom stereocenters. The van der Waals surface area contributed by atoms with Crippen LogP contribution in [0.15, 0.2) is 18.2 Å². The van der Waals surface area contributed by atoms with E-state index in [1.54, 1.807) is 0 Å². The van der Waals surface area contributed by atoms with Gasteiger partial charge in [-0.25, -0.2) is 0 Å². The second-order valence-electron chi connectivity index (χ2n) is 6.39. The molecule has 1 fully saturated rings. The molecule has 1 aliphatic rings. The number of methoxy groups -OCH3 is 1. The van der Waals surface area contributed by atoms with Crippen LogP contribution in [0.2, 0.25) is 0 Å². The summed E-state index contributed by atoms with van der Waals surface area (Å²) in [7, 11) is 1.31. The number of pyridine rings is 1. The average Bonchev–Trinajstić information content (AvgIpc) is 2.72. The molecule has 29 heavy (non-hydrogen) atoms. The van der Waals surface area contributed by atoms with Crippen LogP contribution in [-0.4, -0.2) is 36.3 Å². The summed E-state index contributed by atoms with van der Waals surface area (Å²) in [5, 5.41) is 18.2. The highest BCUT2D eigenvalue weighted by Gasteiger charge is 2.32. The van der Waals surface area contributed by atoms with Gasteiger partial charge in [0.2, 0.25) is 11.6 Å². The number of ether oxygens (including phenoxy) is 2. The van der Waals surface area contributed by atoms with E-state index in [4.69, 9.17) is 14.7 Å². The van der Waals surface area contributed by atoms with Crippen LogP contribution in [0.3, 0.4) is 0 Å². The van der Waals surface area contributed by atoms with Gasteiger partial charge >= 0.3 is 5.97 Å². The molecule has 0 radical (unpaired) electrons. The van der Waals surface area contributed by atoms with Crippen molar-refractivity contribution in [2.75, 3.05) is 25.1 Å². The molecule has 2 heterocycles. The lowest BCUT2D eigenvalue weighted by molar-refractivity contribution is -0.141. The summed E-state index contributed by atoms with van der Waals surface area (Å²) in [6.07, 6.45) is 0.720. The van der Waals surface area contributed by atoms with Crippen LogP contribution in [-0.2, 0) is 4.79 Å². The highest BCUT2D eigenvalue weighted by Crippen LogP contribution is 2.37. The number of nitriles is 1. The third-order valence-corrected chi connectivity index (χ3v) is 4.57. The van der Waals surface area contributed by atoms with Gasteiger partial charge in [0, 0.05) is 19.2 Å². The lowest BCUT2D eigenvalue weighted by Gasteiger charge is -2.33. The van der Waals surface area contributed by atoms with Crippen LogP contribution < -0.4 is 14.4 Å². The molecule has 3 rings (SSSR count). The quantitative estimate of drug-likeness (QED) is 0.758. The Morgan fingerprint density at radius 2 is 2.07 bits per heavy atom. The summed E-state index contributed by atoms with van der Waals surface area (Å²) < 4.78 is 53.9. The Labute approximate surface area is 163 Å². The number of benzene rings is 1. The van der Waals surface area contributed by atoms with Gasteiger partial charge in [0.15, 0.2) is 11.5 Å². The Morgan fingerprint density at radius 1 is 1.31 bits per heavy atom. The minimum absolute atomic E-state index is 0.114. The first-order valence-electron chi connectivity index (χ1n) is 8.64. The van der Waals surface area contributed by atoms with Crippen molar-refractivity contribution in [1.82, 2.24) is 4.98 Å². The number of aliphatic carboxylic acids is 1. The summed E-state index contributed by atoms with van der Waals surface area (Å²) in [6, 6.07) is 5.94. The van der Waals surface area contributed by atoms with Gasteiger partial charge in [-0.05, 0) is 25.0 Å². The lowest BCUT2D eigenvalue weighted by Crippen LogP contribution is -2.39. The highest BCUT2D eigenvalue weighted by molar-refractivity contribution is 5.71. The molecule has 1 aromatic carbocycles. The predicted molar refractivity (Wildman–Crippen MR) is 94.5 cm³/mol. The second-order valence-corrected chi connectivity index (χ2v) is 6.39. The minimum atomic E-state index is -1.59.